The van der Waals surface area contributed by atoms with Gasteiger partial charge in [0.05, 0.1) is 18.7 Å². The van der Waals surface area contributed by atoms with Gasteiger partial charge in [-0.05, 0) is 61.0 Å². The number of anilines is 1. The molecule has 3 aromatic carbocycles. The van der Waals surface area contributed by atoms with E-state index in [1.54, 1.807) is 42.5 Å². The third-order valence-corrected chi connectivity index (χ3v) is 6.15. The van der Waals surface area contributed by atoms with Crippen LogP contribution in [-0.4, -0.2) is 30.0 Å². The highest BCUT2D eigenvalue weighted by molar-refractivity contribution is 6.51. The monoisotopic (exact) mass is 459 g/mol. The van der Waals surface area contributed by atoms with Crippen LogP contribution in [0.1, 0.15) is 29.7 Å². The Labute approximate surface area is 195 Å². The van der Waals surface area contributed by atoms with Crippen LogP contribution in [0.4, 0.5) is 10.1 Å². The number of aliphatic hydroxyl groups excluding tert-OH is 1. The number of ketones is 1. The molecule has 1 saturated heterocycles. The van der Waals surface area contributed by atoms with Crippen LogP contribution in [0, 0.1) is 5.82 Å². The van der Waals surface area contributed by atoms with Crippen molar-refractivity contribution in [2.24, 2.45) is 0 Å². The summed E-state index contributed by atoms with van der Waals surface area (Å²) in [6, 6.07) is 16.5. The van der Waals surface area contributed by atoms with Gasteiger partial charge in [0.25, 0.3) is 11.7 Å². The van der Waals surface area contributed by atoms with Gasteiger partial charge >= 0.3 is 0 Å². The largest absolute Gasteiger partial charge is 0.507 e. The zero-order valence-corrected chi connectivity index (χ0v) is 18.6. The Morgan fingerprint density at radius 1 is 1.09 bits per heavy atom. The SMILES string of the molecule is COc1ccccc1C1/C(=C(\O)c2ccc3c(c2)CC(C)O3)C(=O)C(=O)N1c1ccc(F)cc1. The minimum absolute atomic E-state index is 0.0185. The summed E-state index contributed by atoms with van der Waals surface area (Å²) >= 11 is 0. The molecule has 1 fully saturated rings. The fraction of sp³-hybridized carbons (Fsp3) is 0.185. The maximum Gasteiger partial charge on any atom is 0.300 e. The molecule has 0 spiro atoms. The molecule has 0 aliphatic carbocycles. The van der Waals surface area contributed by atoms with Crippen molar-refractivity contribution in [2.75, 3.05) is 12.0 Å². The number of carbonyl (C=O) groups excluding carboxylic acids is 2. The number of ether oxygens (including phenoxy) is 2. The Bertz CT molecular complexity index is 1330. The maximum absolute atomic E-state index is 13.6. The highest BCUT2D eigenvalue weighted by Crippen LogP contribution is 2.45. The van der Waals surface area contributed by atoms with Crippen LogP contribution in [0.2, 0.25) is 0 Å². The molecule has 2 aliphatic rings. The maximum atomic E-state index is 13.6. The van der Waals surface area contributed by atoms with Crippen molar-refractivity contribution >= 4 is 23.1 Å². The highest BCUT2D eigenvalue weighted by Gasteiger charge is 2.48. The van der Waals surface area contributed by atoms with Crippen molar-refractivity contribution in [1.82, 2.24) is 0 Å². The second kappa shape index (κ2) is 8.33. The second-order valence-corrected chi connectivity index (χ2v) is 8.34. The Morgan fingerprint density at radius 2 is 1.82 bits per heavy atom. The number of halogens is 1. The molecule has 6 nitrogen and oxygen atoms in total. The number of rotatable bonds is 4. The minimum Gasteiger partial charge on any atom is -0.507 e. The zero-order chi connectivity index (χ0) is 24.0. The number of nitrogens with zero attached hydrogens (tertiary/aromatic N) is 1. The Kier molecular flexibility index (Phi) is 5.32. The molecule has 3 aromatic rings. The first-order valence-corrected chi connectivity index (χ1v) is 10.9. The number of amides is 1. The first-order chi connectivity index (χ1) is 16.4. The lowest BCUT2D eigenvalue weighted by Gasteiger charge is -2.26. The minimum atomic E-state index is -0.968. The number of para-hydroxylation sites is 1. The molecule has 7 heteroatoms. The number of hydrogen-bond donors (Lipinski definition) is 1. The lowest BCUT2D eigenvalue weighted by Crippen LogP contribution is -2.29. The van der Waals surface area contributed by atoms with Gasteiger partial charge in [-0.3, -0.25) is 14.5 Å². The fourth-order valence-corrected chi connectivity index (χ4v) is 4.61. The summed E-state index contributed by atoms with van der Waals surface area (Å²) in [6.45, 7) is 1.95. The van der Waals surface area contributed by atoms with E-state index in [9.17, 15) is 19.1 Å². The van der Waals surface area contributed by atoms with Crippen LogP contribution in [0.3, 0.4) is 0 Å². The van der Waals surface area contributed by atoms with Gasteiger partial charge in [0, 0.05) is 23.2 Å². The average molecular weight is 459 g/mol. The lowest BCUT2D eigenvalue weighted by molar-refractivity contribution is -0.132. The van der Waals surface area contributed by atoms with E-state index in [0.717, 1.165) is 11.3 Å². The molecular formula is C27H22FNO5. The number of carbonyl (C=O) groups is 2. The lowest BCUT2D eigenvalue weighted by atomic mass is 9.93. The molecule has 2 unspecified atom stereocenters. The topological polar surface area (TPSA) is 76.1 Å². The number of methoxy groups -OCH3 is 1. The average Bonchev–Trinajstić information content (AvgIpc) is 3.34. The predicted octanol–water partition coefficient (Wildman–Crippen LogP) is 4.78. The van der Waals surface area contributed by atoms with Crippen LogP contribution < -0.4 is 14.4 Å². The first kappa shape index (κ1) is 21.7. The van der Waals surface area contributed by atoms with Crippen LogP contribution >= 0.6 is 0 Å². The molecule has 0 saturated carbocycles. The van der Waals surface area contributed by atoms with E-state index in [-0.39, 0.29) is 17.4 Å². The zero-order valence-electron chi connectivity index (χ0n) is 18.6. The van der Waals surface area contributed by atoms with Crippen molar-refractivity contribution in [2.45, 2.75) is 25.5 Å². The molecule has 0 bridgehead atoms. The van der Waals surface area contributed by atoms with Crippen LogP contribution in [-0.2, 0) is 16.0 Å². The number of fused-ring (bicyclic) bond motifs is 1. The molecule has 1 N–H and O–H groups in total. The summed E-state index contributed by atoms with van der Waals surface area (Å²) in [7, 11) is 1.49. The van der Waals surface area contributed by atoms with Gasteiger partial charge in [-0.25, -0.2) is 4.39 Å². The quantitative estimate of drug-likeness (QED) is 0.345. The number of hydrogen-bond acceptors (Lipinski definition) is 5. The van der Waals surface area contributed by atoms with E-state index in [2.05, 4.69) is 0 Å². The van der Waals surface area contributed by atoms with E-state index >= 15 is 0 Å². The predicted molar refractivity (Wildman–Crippen MR) is 124 cm³/mol. The van der Waals surface area contributed by atoms with Crippen LogP contribution in [0.5, 0.6) is 11.5 Å². The third kappa shape index (κ3) is 3.50. The van der Waals surface area contributed by atoms with Gasteiger partial charge in [0.2, 0.25) is 0 Å². The third-order valence-electron chi connectivity index (χ3n) is 6.15. The van der Waals surface area contributed by atoms with Gasteiger partial charge in [0.15, 0.2) is 0 Å². The van der Waals surface area contributed by atoms with Crippen molar-refractivity contribution in [3.05, 3.63) is 94.8 Å². The molecule has 0 aromatic heterocycles. The van der Waals surface area contributed by atoms with E-state index in [0.29, 0.717) is 29.0 Å². The number of benzene rings is 3. The van der Waals surface area contributed by atoms with Crippen LogP contribution in [0.25, 0.3) is 5.76 Å². The first-order valence-electron chi connectivity index (χ1n) is 10.9. The van der Waals surface area contributed by atoms with Gasteiger partial charge in [-0.1, -0.05) is 18.2 Å². The van der Waals surface area contributed by atoms with Gasteiger partial charge in [0.1, 0.15) is 29.2 Å². The van der Waals surface area contributed by atoms with E-state index in [4.69, 9.17) is 9.47 Å². The van der Waals surface area contributed by atoms with Crippen LogP contribution in [0.15, 0.2) is 72.3 Å². The van der Waals surface area contributed by atoms with Gasteiger partial charge < -0.3 is 14.6 Å². The van der Waals surface area contributed by atoms with E-state index < -0.39 is 23.5 Å². The Hall–Kier alpha value is -4.13. The molecular weight excluding hydrogens is 437 g/mol. The summed E-state index contributed by atoms with van der Waals surface area (Å²) in [6.07, 6.45) is 0.695. The summed E-state index contributed by atoms with van der Waals surface area (Å²) in [5, 5.41) is 11.3. The highest BCUT2D eigenvalue weighted by atomic mass is 19.1. The smallest absolute Gasteiger partial charge is 0.300 e. The molecule has 1 amide bonds. The normalized spacial score (nSPS) is 20.9. The second-order valence-electron chi connectivity index (χ2n) is 8.34. The molecule has 2 heterocycles. The van der Waals surface area contributed by atoms with Crippen molar-refractivity contribution in [1.29, 1.82) is 0 Å². The van der Waals surface area contributed by atoms with Crippen molar-refractivity contribution < 1.29 is 28.6 Å². The molecule has 2 atom stereocenters. The molecule has 34 heavy (non-hydrogen) atoms. The summed E-state index contributed by atoms with van der Waals surface area (Å²) in [5.41, 5.74) is 2.11. The van der Waals surface area contributed by atoms with Gasteiger partial charge in [-0.2, -0.15) is 0 Å². The van der Waals surface area contributed by atoms with Gasteiger partial charge in [-0.15, -0.1) is 0 Å². The summed E-state index contributed by atoms with van der Waals surface area (Å²) in [5.74, 6) is -1.23. The van der Waals surface area contributed by atoms with Crippen molar-refractivity contribution in [3.63, 3.8) is 0 Å². The number of Topliss-reactive ketones (excluding diaryl/α,β-unsaturated/α-hetero) is 1. The van der Waals surface area contributed by atoms with E-state index in [1.807, 2.05) is 6.92 Å². The Morgan fingerprint density at radius 3 is 2.56 bits per heavy atom. The molecule has 5 rings (SSSR count). The molecule has 172 valence electrons. The molecule has 0 radical (unpaired) electrons. The van der Waals surface area contributed by atoms with Crippen molar-refractivity contribution in [3.8, 4) is 11.5 Å². The molecule has 2 aliphatic heterocycles. The summed E-state index contributed by atoms with van der Waals surface area (Å²) < 4.78 is 24.8. The summed E-state index contributed by atoms with van der Waals surface area (Å²) in [4.78, 5) is 27.8. The Balaban J connectivity index is 1.71. The number of aliphatic hydroxyl groups is 1. The fourth-order valence-electron chi connectivity index (χ4n) is 4.61. The standard InChI is InChI=1S/C27H22FNO5/c1-15-13-17-14-16(7-12-21(17)34-15)25(30)23-24(20-5-3-4-6-22(20)33-2)29(27(32)26(23)31)19-10-8-18(28)9-11-19/h3-12,14-15,24,30H,13H2,1-2H3/b25-23+. The van der Waals surface area contributed by atoms with E-state index in [1.165, 1.54) is 36.3 Å².